The third kappa shape index (κ3) is 25.1. The summed E-state index contributed by atoms with van der Waals surface area (Å²) in [7, 11) is -1.17. The zero-order chi connectivity index (χ0) is 14.9. The molecule has 0 aromatic heterocycles. The molecule has 0 spiro atoms. The smallest absolute Gasteiger partial charge is 0.412 e. The van der Waals surface area contributed by atoms with Gasteiger partial charge in [-0.1, -0.05) is 0 Å². The fourth-order valence-corrected chi connectivity index (χ4v) is 0. The Balaban J connectivity index is -0.0000000857. The topological polar surface area (TPSA) is 37.3 Å². The number of rotatable bonds is 0. The SMILES string of the molecule is F[C-](F)C(F)(F)F.F[C-](F)C(F)(F)F.O=[PH+]O.[Mg+2]. The van der Waals surface area contributed by atoms with Crippen molar-refractivity contribution in [2.24, 2.45) is 0 Å². The van der Waals surface area contributed by atoms with Gasteiger partial charge in [-0.25, -0.2) is 26.3 Å². The van der Waals surface area contributed by atoms with Gasteiger partial charge in [-0.05, 0) is 4.57 Å². The standard InChI is InChI=1S/2C2F5.Mg.HO2P/c2*3-1(4)2(5,6)7;;1-3-2/h;;;3H/q2*-1;+2;/p+1. The van der Waals surface area contributed by atoms with Crippen LogP contribution < -0.4 is 0 Å². The summed E-state index contributed by atoms with van der Waals surface area (Å²) in [6, 6.07) is 0. The van der Waals surface area contributed by atoms with Crippen LogP contribution in [-0.4, -0.2) is 40.3 Å². The molecule has 0 aliphatic carbocycles. The molecule has 106 valence electrons. The van der Waals surface area contributed by atoms with Crippen LogP contribution in [0.2, 0.25) is 0 Å². The molecule has 1 unspecified atom stereocenters. The Bertz CT molecular complexity index is 173. The fourth-order valence-electron chi connectivity index (χ4n) is 0. The molecule has 0 aromatic rings. The molecule has 18 heavy (non-hydrogen) atoms. The van der Waals surface area contributed by atoms with Crippen molar-refractivity contribution in [3.8, 4) is 0 Å². The van der Waals surface area contributed by atoms with Crippen LogP contribution in [0.25, 0.3) is 0 Å². The first-order chi connectivity index (χ1) is 7.30. The van der Waals surface area contributed by atoms with Crippen LogP contribution >= 0.6 is 8.69 Å². The summed E-state index contributed by atoms with van der Waals surface area (Å²) in [6.07, 6.45) is -17.8. The first-order valence-electron chi connectivity index (χ1n) is 2.82. The molecular weight excluding hydrogens is 325 g/mol. The van der Waals surface area contributed by atoms with Crippen molar-refractivity contribution in [2.75, 3.05) is 0 Å². The zero-order valence-electron chi connectivity index (χ0n) is 7.84. The van der Waals surface area contributed by atoms with Crippen LogP contribution in [0.15, 0.2) is 0 Å². The number of hydrogen-bond donors (Lipinski definition) is 1. The normalized spacial score (nSPS) is 11.2. The van der Waals surface area contributed by atoms with Crippen LogP contribution in [0, 0.1) is 12.9 Å². The number of halogens is 10. The zero-order valence-corrected chi connectivity index (χ0v) is 10.3. The van der Waals surface area contributed by atoms with Crippen molar-refractivity contribution >= 4 is 31.7 Å². The predicted molar refractivity (Wildman–Crippen MR) is 40.0 cm³/mol. The van der Waals surface area contributed by atoms with E-state index in [1.807, 2.05) is 0 Å². The first kappa shape index (κ1) is 26.6. The molecule has 0 aromatic carbocycles. The molecule has 14 heteroatoms. The van der Waals surface area contributed by atoms with Crippen molar-refractivity contribution in [3.63, 3.8) is 0 Å². The summed E-state index contributed by atoms with van der Waals surface area (Å²) in [5.41, 5.74) is 0. The molecule has 1 atom stereocenters. The van der Waals surface area contributed by atoms with E-state index >= 15 is 0 Å². The van der Waals surface area contributed by atoms with E-state index in [1.165, 1.54) is 0 Å². The fraction of sp³-hybridized carbons (Fsp3) is 0.500. The summed E-state index contributed by atoms with van der Waals surface area (Å²) in [4.78, 5) is 7.04. The minimum atomic E-state index is -5.42. The molecule has 0 aliphatic rings. The molecule has 1 N–H and O–H groups in total. The van der Waals surface area contributed by atoms with E-state index in [9.17, 15) is 43.9 Å². The quantitative estimate of drug-likeness (QED) is 0.320. The van der Waals surface area contributed by atoms with Crippen molar-refractivity contribution in [2.45, 2.75) is 12.4 Å². The molecule has 0 aliphatic heterocycles. The molecule has 0 rings (SSSR count). The molecule has 0 radical (unpaired) electrons. The van der Waals surface area contributed by atoms with Gasteiger partial charge in [0, 0.05) is 0 Å². The number of alkyl halides is 6. The molecule has 0 saturated heterocycles. The third-order valence-corrected chi connectivity index (χ3v) is 0.429. The van der Waals surface area contributed by atoms with Gasteiger partial charge >= 0.3 is 44.1 Å². The van der Waals surface area contributed by atoms with Crippen LogP contribution in [0.3, 0.4) is 0 Å². The van der Waals surface area contributed by atoms with Gasteiger partial charge in [0.1, 0.15) is 12.9 Å². The van der Waals surface area contributed by atoms with Gasteiger partial charge in [0.2, 0.25) is 0 Å². The Morgan fingerprint density at radius 3 is 0.833 bits per heavy atom. The molecular formula is C4H2F10MgO2P+. The van der Waals surface area contributed by atoms with Crippen molar-refractivity contribution in [1.82, 2.24) is 0 Å². The van der Waals surface area contributed by atoms with Crippen molar-refractivity contribution in [1.29, 1.82) is 0 Å². The van der Waals surface area contributed by atoms with E-state index < -0.39 is 33.9 Å². The Kier molecular flexibility index (Phi) is 18.0. The van der Waals surface area contributed by atoms with Crippen LogP contribution in [-0.2, 0) is 4.57 Å². The van der Waals surface area contributed by atoms with E-state index in [4.69, 9.17) is 9.46 Å². The van der Waals surface area contributed by atoms with Crippen molar-refractivity contribution < 1.29 is 53.4 Å². The van der Waals surface area contributed by atoms with Crippen LogP contribution in [0.1, 0.15) is 0 Å². The predicted octanol–water partition coefficient (Wildman–Crippen LogP) is 3.49. The summed E-state index contributed by atoms with van der Waals surface area (Å²) >= 11 is 0. The summed E-state index contributed by atoms with van der Waals surface area (Å²) in [5, 5.41) is 0. The largest absolute Gasteiger partial charge is 2.00 e. The molecule has 0 saturated carbocycles. The minimum Gasteiger partial charge on any atom is -0.412 e. The average molecular weight is 327 g/mol. The maximum atomic E-state index is 10.4. The minimum absolute atomic E-state index is 0. The Hall–Kier alpha value is 0.126. The Morgan fingerprint density at radius 1 is 0.778 bits per heavy atom. The molecule has 0 bridgehead atoms. The molecule has 0 amide bonds. The summed E-state index contributed by atoms with van der Waals surface area (Å²) < 4.78 is 112. The second kappa shape index (κ2) is 12.2. The van der Waals surface area contributed by atoms with E-state index in [-0.39, 0.29) is 23.1 Å². The second-order valence-electron chi connectivity index (χ2n) is 1.61. The van der Waals surface area contributed by atoms with Gasteiger partial charge in [0.15, 0.2) is 0 Å². The van der Waals surface area contributed by atoms with Crippen molar-refractivity contribution in [3.05, 3.63) is 12.9 Å². The summed E-state index contributed by atoms with van der Waals surface area (Å²) in [5.74, 6) is 0. The molecule has 2 nitrogen and oxygen atoms in total. The van der Waals surface area contributed by atoms with Gasteiger partial charge < -0.3 is 17.6 Å². The van der Waals surface area contributed by atoms with Crippen LogP contribution in [0.5, 0.6) is 0 Å². The van der Waals surface area contributed by atoms with Gasteiger partial charge in [-0.15, -0.1) is 0 Å². The average Bonchev–Trinajstić information content (AvgIpc) is 2.02. The third-order valence-electron chi connectivity index (χ3n) is 0.429. The van der Waals surface area contributed by atoms with Gasteiger partial charge in [0.25, 0.3) is 0 Å². The van der Waals surface area contributed by atoms with E-state index in [1.54, 1.807) is 0 Å². The Labute approximate surface area is 111 Å². The van der Waals surface area contributed by atoms with Gasteiger partial charge in [-0.2, -0.15) is 4.89 Å². The van der Waals surface area contributed by atoms with Gasteiger partial charge in [-0.3, -0.25) is 0 Å². The maximum absolute atomic E-state index is 10.4. The first-order valence-corrected chi connectivity index (χ1v) is 3.67. The summed E-state index contributed by atoms with van der Waals surface area (Å²) in [6.45, 7) is 0. The van der Waals surface area contributed by atoms with E-state index in [0.29, 0.717) is 0 Å². The van der Waals surface area contributed by atoms with Gasteiger partial charge in [0.05, 0.1) is 0 Å². The Morgan fingerprint density at radius 2 is 0.833 bits per heavy atom. The molecule has 0 fully saturated rings. The second-order valence-corrected chi connectivity index (χ2v) is 1.79. The van der Waals surface area contributed by atoms with E-state index in [0.717, 1.165) is 0 Å². The maximum Gasteiger partial charge on any atom is 2.00 e. The monoisotopic (exact) mass is 327 g/mol. The number of hydrogen-bond acceptors (Lipinski definition) is 1. The van der Waals surface area contributed by atoms with E-state index in [2.05, 4.69) is 0 Å². The molecule has 0 heterocycles. The van der Waals surface area contributed by atoms with Crippen LogP contribution in [0.4, 0.5) is 43.9 Å².